The van der Waals surface area contributed by atoms with Crippen molar-refractivity contribution in [1.29, 1.82) is 0 Å². The summed E-state index contributed by atoms with van der Waals surface area (Å²) >= 11 is 0. The summed E-state index contributed by atoms with van der Waals surface area (Å²) in [6.07, 6.45) is 0. The van der Waals surface area contributed by atoms with E-state index in [1.807, 2.05) is 0 Å². The fourth-order valence-corrected chi connectivity index (χ4v) is 1.94. The molecular formula is C16H23F2N3O2. The van der Waals surface area contributed by atoms with Crippen LogP contribution in [0.1, 0.15) is 33.3 Å². The molecule has 0 aromatic heterocycles. The monoisotopic (exact) mass is 327 g/mol. The lowest BCUT2D eigenvalue weighted by atomic mass is 9.94. The average molecular weight is 327 g/mol. The van der Waals surface area contributed by atoms with E-state index in [4.69, 9.17) is 5.73 Å². The van der Waals surface area contributed by atoms with Crippen molar-refractivity contribution < 1.29 is 18.4 Å². The highest BCUT2D eigenvalue weighted by molar-refractivity contribution is 5.87. The van der Waals surface area contributed by atoms with E-state index in [0.717, 1.165) is 12.1 Å². The van der Waals surface area contributed by atoms with E-state index >= 15 is 0 Å². The van der Waals surface area contributed by atoms with Crippen molar-refractivity contribution >= 4 is 11.8 Å². The average Bonchev–Trinajstić information content (AvgIpc) is 2.46. The third-order valence-corrected chi connectivity index (χ3v) is 3.54. The number of hydrogen-bond acceptors (Lipinski definition) is 3. The highest BCUT2D eigenvalue weighted by Gasteiger charge is 2.25. The summed E-state index contributed by atoms with van der Waals surface area (Å²) in [6, 6.07) is 2.73. The first-order chi connectivity index (χ1) is 10.5. The highest BCUT2D eigenvalue weighted by atomic mass is 19.2. The van der Waals surface area contributed by atoms with Gasteiger partial charge in [0.15, 0.2) is 11.6 Å². The molecule has 0 saturated heterocycles. The summed E-state index contributed by atoms with van der Waals surface area (Å²) in [5, 5.41) is 5.11. The fourth-order valence-electron chi connectivity index (χ4n) is 1.94. The van der Waals surface area contributed by atoms with E-state index in [1.165, 1.54) is 6.07 Å². The third kappa shape index (κ3) is 5.28. The van der Waals surface area contributed by atoms with Gasteiger partial charge in [-0.1, -0.05) is 19.9 Å². The summed E-state index contributed by atoms with van der Waals surface area (Å²) in [7, 11) is 0. The number of nitrogens with two attached hydrogens (primary N) is 1. The van der Waals surface area contributed by atoms with Gasteiger partial charge < -0.3 is 16.4 Å². The Hall–Kier alpha value is -2.02. The first-order valence-corrected chi connectivity index (χ1v) is 7.34. The largest absolute Gasteiger partial charge is 0.346 e. The number of nitrogens with one attached hydrogen (secondary N) is 2. The van der Waals surface area contributed by atoms with Crippen LogP contribution in [-0.2, 0) is 15.1 Å². The molecule has 0 aliphatic heterocycles. The predicted octanol–water partition coefficient (Wildman–Crippen LogP) is 1.42. The van der Waals surface area contributed by atoms with E-state index in [1.54, 1.807) is 27.7 Å². The third-order valence-electron chi connectivity index (χ3n) is 3.54. The lowest BCUT2D eigenvalue weighted by Crippen LogP contribution is -2.50. The first kappa shape index (κ1) is 19.0. The fraction of sp³-hybridized carbons (Fsp3) is 0.500. The number of halogens is 2. The molecule has 5 nitrogen and oxygen atoms in total. The molecule has 0 spiro atoms. The number of carbonyl (C=O) groups is 2. The van der Waals surface area contributed by atoms with Crippen molar-refractivity contribution in [2.75, 3.05) is 6.54 Å². The molecule has 2 amide bonds. The van der Waals surface area contributed by atoms with E-state index in [9.17, 15) is 18.4 Å². The first-order valence-electron chi connectivity index (χ1n) is 7.34. The van der Waals surface area contributed by atoms with Gasteiger partial charge in [-0.3, -0.25) is 9.59 Å². The molecule has 0 fully saturated rings. The Morgan fingerprint density at radius 2 is 1.83 bits per heavy atom. The van der Waals surface area contributed by atoms with Crippen LogP contribution in [0.3, 0.4) is 0 Å². The Morgan fingerprint density at radius 1 is 1.22 bits per heavy atom. The Bertz CT molecular complexity index is 589. The van der Waals surface area contributed by atoms with Crippen molar-refractivity contribution in [3.05, 3.63) is 35.4 Å². The predicted molar refractivity (Wildman–Crippen MR) is 83.3 cm³/mol. The van der Waals surface area contributed by atoms with Crippen molar-refractivity contribution in [3.8, 4) is 0 Å². The summed E-state index contributed by atoms with van der Waals surface area (Å²) in [5.74, 6) is -2.85. The second-order valence-corrected chi connectivity index (χ2v) is 6.29. The molecule has 7 heteroatoms. The molecule has 0 aliphatic carbocycles. The van der Waals surface area contributed by atoms with E-state index in [2.05, 4.69) is 10.6 Å². The second kappa shape index (κ2) is 7.50. The normalized spacial score (nSPS) is 12.9. The van der Waals surface area contributed by atoms with Crippen LogP contribution in [0.25, 0.3) is 0 Å². The SMILES string of the molecule is CC(C)[C@H](N)C(=O)NCC(=O)NC(C)(C)c1ccc(F)c(F)c1. The van der Waals surface area contributed by atoms with Crippen molar-refractivity contribution in [1.82, 2.24) is 10.6 Å². The Labute approximate surface area is 134 Å². The molecular weight excluding hydrogens is 304 g/mol. The van der Waals surface area contributed by atoms with Crippen LogP contribution in [0.5, 0.6) is 0 Å². The number of hydrogen-bond donors (Lipinski definition) is 3. The molecule has 1 atom stereocenters. The van der Waals surface area contributed by atoms with Gasteiger partial charge in [0.2, 0.25) is 11.8 Å². The maximum absolute atomic E-state index is 13.3. The second-order valence-electron chi connectivity index (χ2n) is 6.29. The highest BCUT2D eigenvalue weighted by Crippen LogP contribution is 2.21. The Kier molecular flexibility index (Phi) is 6.20. The van der Waals surface area contributed by atoms with Crippen LogP contribution in [0.4, 0.5) is 8.78 Å². The summed E-state index contributed by atoms with van der Waals surface area (Å²) in [6.45, 7) is 6.66. The topological polar surface area (TPSA) is 84.2 Å². The standard InChI is InChI=1S/C16H23F2N3O2/c1-9(2)14(19)15(23)20-8-13(22)21-16(3,4)10-5-6-11(17)12(18)7-10/h5-7,9,14H,8,19H2,1-4H3,(H,20,23)(H,21,22)/t14-/m0/s1. The molecule has 0 unspecified atom stereocenters. The smallest absolute Gasteiger partial charge is 0.240 e. The molecule has 0 aliphatic rings. The molecule has 1 aromatic rings. The van der Waals surface area contributed by atoms with Gasteiger partial charge >= 0.3 is 0 Å². The molecule has 128 valence electrons. The zero-order valence-electron chi connectivity index (χ0n) is 13.7. The van der Waals surface area contributed by atoms with Crippen LogP contribution in [-0.4, -0.2) is 24.4 Å². The quantitative estimate of drug-likeness (QED) is 0.739. The van der Waals surface area contributed by atoms with E-state index < -0.39 is 35.0 Å². The minimum atomic E-state index is -0.985. The number of carbonyl (C=O) groups excluding carboxylic acids is 2. The van der Waals surface area contributed by atoms with E-state index in [0.29, 0.717) is 5.56 Å². The summed E-state index contributed by atoms with van der Waals surface area (Å²) in [4.78, 5) is 23.6. The summed E-state index contributed by atoms with van der Waals surface area (Å²) < 4.78 is 26.3. The van der Waals surface area contributed by atoms with Gasteiger partial charge in [0.25, 0.3) is 0 Å². The maximum Gasteiger partial charge on any atom is 0.240 e. The summed E-state index contributed by atoms with van der Waals surface area (Å²) in [5.41, 5.74) is 5.17. The van der Waals surface area contributed by atoms with Gasteiger partial charge in [-0.05, 0) is 37.5 Å². The molecule has 0 heterocycles. The van der Waals surface area contributed by atoms with Crippen LogP contribution >= 0.6 is 0 Å². The Balaban J connectivity index is 2.65. The van der Waals surface area contributed by atoms with Crippen LogP contribution in [0.2, 0.25) is 0 Å². The van der Waals surface area contributed by atoms with Gasteiger partial charge in [-0.25, -0.2) is 8.78 Å². The number of benzene rings is 1. The molecule has 0 bridgehead atoms. The van der Waals surface area contributed by atoms with Gasteiger partial charge in [0.05, 0.1) is 18.1 Å². The van der Waals surface area contributed by atoms with E-state index in [-0.39, 0.29) is 12.5 Å². The van der Waals surface area contributed by atoms with Crippen LogP contribution in [0.15, 0.2) is 18.2 Å². The van der Waals surface area contributed by atoms with Gasteiger partial charge in [0.1, 0.15) is 0 Å². The van der Waals surface area contributed by atoms with Crippen molar-refractivity contribution in [3.63, 3.8) is 0 Å². The van der Waals surface area contributed by atoms with Crippen molar-refractivity contribution in [2.45, 2.75) is 39.3 Å². The zero-order chi connectivity index (χ0) is 17.8. The molecule has 0 radical (unpaired) electrons. The number of amides is 2. The number of rotatable bonds is 6. The van der Waals surface area contributed by atoms with Gasteiger partial charge in [0, 0.05) is 0 Å². The minimum absolute atomic E-state index is 0.0447. The minimum Gasteiger partial charge on any atom is -0.346 e. The van der Waals surface area contributed by atoms with Gasteiger partial charge in [-0.15, -0.1) is 0 Å². The molecule has 1 rings (SSSR count). The molecule has 0 saturated carbocycles. The zero-order valence-corrected chi connectivity index (χ0v) is 13.7. The Morgan fingerprint density at radius 3 is 2.35 bits per heavy atom. The van der Waals surface area contributed by atoms with Crippen LogP contribution in [0, 0.1) is 17.6 Å². The van der Waals surface area contributed by atoms with Gasteiger partial charge in [-0.2, -0.15) is 0 Å². The lowest BCUT2D eigenvalue weighted by Gasteiger charge is -2.27. The molecule has 4 N–H and O–H groups in total. The lowest BCUT2D eigenvalue weighted by molar-refractivity contribution is -0.128. The van der Waals surface area contributed by atoms with Crippen LogP contribution < -0.4 is 16.4 Å². The molecule has 23 heavy (non-hydrogen) atoms. The maximum atomic E-state index is 13.3. The molecule has 1 aromatic carbocycles. The van der Waals surface area contributed by atoms with Crippen molar-refractivity contribution in [2.24, 2.45) is 11.7 Å².